The zero-order chi connectivity index (χ0) is 17.1. The molecule has 0 fully saturated rings. The van der Waals surface area contributed by atoms with Crippen LogP contribution in [0.5, 0.6) is 5.75 Å². The molecular weight excluding hydrogens is 325 g/mol. The molecule has 3 aromatic rings. The van der Waals surface area contributed by atoms with Gasteiger partial charge in [-0.2, -0.15) is 5.26 Å². The number of rotatable bonds is 4. The second kappa shape index (κ2) is 6.87. The van der Waals surface area contributed by atoms with Crippen LogP contribution in [0.2, 0.25) is 0 Å². The van der Waals surface area contributed by atoms with Gasteiger partial charge in [-0.15, -0.1) is 0 Å². The Morgan fingerprint density at radius 3 is 2.67 bits per heavy atom. The molecule has 1 aromatic heterocycles. The van der Waals surface area contributed by atoms with Crippen LogP contribution < -0.4 is 9.88 Å². The molecule has 2 aromatic carbocycles. The zero-order valence-electron chi connectivity index (χ0n) is 12.9. The van der Waals surface area contributed by atoms with Gasteiger partial charge in [0.25, 0.3) is 0 Å². The van der Waals surface area contributed by atoms with Gasteiger partial charge in [-0.1, -0.05) is 12.1 Å². The number of hydrogen-bond acceptors (Lipinski definition) is 5. The summed E-state index contributed by atoms with van der Waals surface area (Å²) in [6.07, 6.45) is 2.02. The fourth-order valence-corrected chi connectivity index (χ4v) is 2.87. The third-order valence-corrected chi connectivity index (χ3v) is 4.36. The maximum absolute atomic E-state index is 14.1. The lowest BCUT2D eigenvalue weighted by atomic mass is 9.97. The lowest BCUT2D eigenvalue weighted by molar-refractivity contribution is 0.387. The summed E-state index contributed by atoms with van der Waals surface area (Å²) in [5.41, 5.74) is 2.78. The molecule has 24 heavy (non-hydrogen) atoms. The first-order valence-electron chi connectivity index (χ1n) is 7.17. The number of benzene rings is 2. The lowest BCUT2D eigenvalue weighted by Crippen LogP contribution is -1.98. The predicted molar refractivity (Wildman–Crippen MR) is 92.3 cm³/mol. The summed E-state index contributed by atoms with van der Waals surface area (Å²) in [6.45, 7) is 0. The number of nitrogens with two attached hydrogens (primary N) is 1. The van der Waals surface area contributed by atoms with Crippen LogP contribution in [0.15, 0.2) is 47.5 Å². The van der Waals surface area contributed by atoms with Crippen LogP contribution in [0.3, 0.4) is 0 Å². The van der Waals surface area contributed by atoms with Gasteiger partial charge in [0.2, 0.25) is 0 Å². The number of methoxy groups -OCH3 is 1. The molecule has 4 nitrogen and oxygen atoms in total. The Morgan fingerprint density at radius 1 is 1.29 bits per heavy atom. The number of fused-ring (bicyclic) bond motifs is 1. The van der Waals surface area contributed by atoms with E-state index in [-0.39, 0.29) is 5.75 Å². The first-order valence-corrected chi connectivity index (χ1v) is 8.05. The van der Waals surface area contributed by atoms with Crippen molar-refractivity contribution >= 4 is 22.9 Å². The molecule has 0 saturated heterocycles. The molecular formula is C18H14FN3OS. The maximum atomic E-state index is 14.1. The Labute approximate surface area is 143 Å². The number of ether oxygens (including phenoxy) is 1. The summed E-state index contributed by atoms with van der Waals surface area (Å²) >= 11 is 1.17. The van der Waals surface area contributed by atoms with Crippen molar-refractivity contribution in [1.82, 2.24) is 4.98 Å². The Balaban J connectivity index is 2.13. The molecule has 0 amide bonds. The summed E-state index contributed by atoms with van der Waals surface area (Å²) in [5, 5.41) is 15.5. The third-order valence-electron chi connectivity index (χ3n) is 3.81. The van der Waals surface area contributed by atoms with Gasteiger partial charge in [-0.3, -0.25) is 10.1 Å². The van der Waals surface area contributed by atoms with E-state index < -0.39 is 5.82 Å². The molecule has 0 aliphatic carbocycles. The van der Waals surface area contributed by atoms with E-state index in [0.29, 0.717) is 22.9 Å². The van der Waals surface area contributed by atoms with E-state index in [2.05, 4.69) is 11.1 Å². The minimum absolute atomic E-state index is 0.134. The van der Waals surface area contributed by atoms with Crippen molar-refractivity contribution < 1.29 is 9.13 Å². The summed E-state index contributed by atoms with van der Waals surface area (Å²) < 4.78 is 19.1. The van der Waals surface area contributed by atoms with Crippen LogP contribution in [-0.4, -0.2) is 12.1 Å². The zero-order valence-corrected chi connectivity index (χ0v) is 13.7. The van der Waals surface area contributed by atoms with Gasteiger partial charge in [0, 0.05) is 22.5 Å². The fourth-order valence-electron chi connectivity index (χ4n) is 2.58. The average Bonchev–Trinajstić information content (AvgIpc) is 2.62. The fraction of sp³-hybridized carbons (Fsp3) is 0.111. The molecule has 2 N–H and O–H groups in total. The second-order valence-electron chi connectivity index (χ2n) is 5.20. The number of aromatic nitrogens is 1. The first kappa shape index (κ1) is 16.2. The Bertz CT molecular complexity index is 936. The van der Waals surface area contributed by atoms with Gasteiger partial charge >= 0.3 is 0 Å². The highest BCUT2D eigenvalue weighted by Gasteiger charge is 2.13. The molecule has 0 aliphatic heterocycles. The van der Waals surface area contributed by atoms with Gasteiger partial charge in [0.1, 0.15) is 6.07 Å². The number of hydrogen-bond donors (Lipinski definition) is 1. The minimum atomic E-state index is -0.474. The van der Waals surface area contributed by atoms with Gasteiger partial charge in [-0.25, -0.2) is 4.39 Å². The third kappa shape index (κ3) is 3.04. The second-order valence-corrected chi connectivity index (χ2v) is 5.91. The highest BCUT2D eigenvalue weighted by Crippen LogP contribution is 2.29. The standard InChI is InChI=1S/C18H14FN3OS/c1-23-18-8-17-15(7-16(18)19)14(12(9-20)10-22-17)6-11-2-4-13(24-21)5-3-11/h2-5,7-8,10H,6,21H2,1H3. The van der Waals surface area contributed by atoms with Crippen molar-refractivity contribution in [3.05, 3.63) is 65.1 Å². The molecule has 3 rings (SSSR count). The molecule has 0 atom stereocenters. The van der Waals surface area contributed by atoms with E-state index >= 15 is 0 Å². The van der Waals surface area contributed by atoms with Crippen LogP contribution in [0, 0.1) is 17.1 Å². The Hall–Kier alpha value is -2.62. The molecule has 0 radical (unpaired) electrons. The topological polar surface area (TPSA) is 71.9 Å². The van der Waals surface area contributed by atoms with Crippen LogP contribution in [0.25, 0.3) is 10.9 Å². The Kier molecular flexibility index (Phi) is 4.65. The van der Waals surface area contributed by atoms with E-state index in [1.165, 1.54) is 31.3 Å². The smallest absolute Gasteiger partial charge is 0.165 e. The first-order chi connectivity index (χ1) is 11.7. The molecule has 0 bridgehead atoms. The van der Waals surface area contributed by atoms with Crippen molar-refractivity contribution in [2.24, 2.45) is 5.14 Å². The average molecular weight is 339 g/mol. The van der Waals surface area contributed by atoms with Crippen LogP contribution in [0.4, 0.5) is 4.39 Å². The SMILES string of the molecule is COc1cc2ncc(C#N)c(Cc3ccc(SN)cc3)c2cc1F. The van der Waals surface area contributed by atoms with Gasteiger partial charge in [-0.05, 0) is 47.7 Å². The van der Waals surface area contributed by atoms with Crippen LogP contribution in [-0.2, 0) is 6.42 Å². The normalized spacial score (nSPS) is 10.6. The number of nitrogens with zero attached hydrogens (tertiary/aromatic N) is 2. The molecule has 120 valence electrons. The quantitative estimate of drug-likeness (QED) is 0.732. The van der Waals surface area contributed by atoms with E-state index in [1.54, 1.807) is 6.07 Å². The summed E-state index contributed by atoms with van der Waals surface area (Å²) in [7, 11) is 1.41. The predicted octanol–water partition coefficient (Wildman–Crippen LogP) is 3.81. The molecule has 1 heterocycles. The Morgan fingerprint density at radius 2 is 2.04 bits per heavy atom. The van der Waals surface area contributed by atoms with Gasteiger partial charge in [0.15, 0.2) is 11.6 Å². The highest BCUT2D eigenvalue weighted by atomic mass is 32.2. The summed E-state index contributed by atoms with van der Waals surface area (Å²) in [4.78, 5) is 5.20. The molecule has 0 saturated carbocycles. The van der Waals surface area contributed by atoms with Crippen LogP contribution in [0.1, 0.15) is 16.7 Å². The monoisotopic (exact) mass is 339 g/mol. The number of halogens is 1. The molecule has 0 unspecified atom stereocenters. The highest BCUT2D eigenvalue weighted by molar-refractivity contribution is 7.97. The summed E-state index contributed by atoms with van der Waals surface area (Å²) in [6, 6.07) is 12.8. The van der Waals surface area contributed by atoms with Crippen molar-refractivity contribution in [2.75, 3.05) is 7.11 Å². The number of nitriles is 1. The molecule has 0 spiro atoms. The largest absolute Gasteiger partial charge is 0.494 e. The van der Waals surface area contributed by atoms with E-state index in [9.17, 15) is 9.65 Å². The van der Waals surface area contributed by atoms with Gasteiger partial charge in [0.05, 0.1) is 18.2 Å². The van der Waals surface area contributed by atoms with Crippen molar-refractivity contribution in [3.8, 4) is 11.8 Å². The lowest BCUT2D eigenvalue weighted by Gasteiger charge is -2.11. The minimum Gasteiger partial charge on any atom is -0.494 e. The van der Waals surface area contributed by atoms with E-state index in [1.807, 2.05) is 24.3 Å². The van der Waals surface area contributed by atoms with Crippen LogP contribution >= 0.6 is 11.9 Å². The van der Waals surface area contributed by atoms with Gasteiger partial charge < -0.3 is 4.74 Å². The van der Waals surface area contributed by atoms with Crippen molar-refractivity contribution in [1.29, 1.82) is 5.26 Å². The van der Waals surface area contributed by atoms with E-state index in [4.69, 9.17) is 9.88 Å². The maximum Gasteiger partial charge on any atom is 0.165 e. The van der Waals surface area contributed by atoms with Crippen molar-refractivity contribution in [3.63, 3.8) is 0 Å². The molecule has 0 aliphatic rings. The van der Waals surface area contributed by atoms with Crippen molar-refractivity contribution in [2.45, 2.75) is 11.3 Å². The summed E-state index contributed by atoms with van der Waals surface area (Å²) in [5.74, 6) is -0.340. The molecule has 6 heteroatoms. The number of pyridine rings is 1. The van der Waals surface area contributed by atoms with E-state index in [0.717, 1.165) is 16.0 Å².